The maximum Gasteiger partial charge on any atom is 0.598 e. The molecule has 0 bridgehead atoms. The molecule has 0 aliphatic heterocycles. The Morgan fingerprint density at radius 1 is 1.20 bits per heavy atom. The Morgan fingerprint density at radius 2 is 1.88 bits per heavy atom. The van der Waals surface area contributed by atoms with Crippen molar-refractivity contribution in [3.05, 3.63) is 61.8 Å². The van der Waals surface area contributed by atoms with Gasteiger partial charge in [0.05, 0.1) is 7.05 Å². The van der Waals surface area contributed by atoms with Gasteiger partial charge < -0.3 is 4.52 Å². The molecule has 0 amide bonds. The van der Waals surface area contributed by atoms with Crippen LogP contribution < -0.4 is 0 Å². The van der Waals surface area contributed by atoms with Gasteiger partial charge in [-0.2, -0.15) is 9.78 Å². The highest BCUT2D eigenvalue weighted by atomic mass is 16.7. The molecule has 0 atom stereocenters. The fraction of sp³-hybridized carbons (Fsp3) is 0.250. The van der Waals surface area contributed by atoms with Crippen molar-refractivity contribution in [2.75, 3.05) is 0 Å². The van der Waals surface area contributed by atoms with Gasteiger partial charge in [-0.15, -0.1) is 5.10 Å². The van der Waals surface area contributed by atoms with E-state index < -0.39 is 27.2 Å². The fourth-order valence-corrected chi connectivity index (χ4v) is 2.20. The van der Waals surface area contributed by atoms with E-state index in [1.807, 2.05) is 0 Å². The second kappa shape index (κ2) is 5.70. The summed E-state index contributed by atoms with van der Waals surface area (Å²) in [6.45, 7) is 1.77. The monoisotopic (exact) mass is 346 g/mol. The Hall–Kier alpha value is -3.77. The van der Waals surface area contributed by atoms with E-state index in [0.717, 1.165) is 10.4 Å². The van der Waals surface area contributed by atoms with Gasteiger partial charge in [-0.3, -0.25) is 20.2 Å². The van der Waals surface area contributed by atoms with Crippen molar-refractivity contribution in [3.63, 3.8) is 0 Å². The Morgan fingerprint density at radius 3 is 2.44 bits per heavy atom. The van der Waals surface area contributed by atoms with Crippen LogP contribution in [0.4, 0.5) is 0 Å². The number of hydrogen-bond donors (Lipinski definition) is 0. The molecule has 0 saturated carbocycles. The first-order valence-electron chi connectivity index (χ1n) is 6.81. The summed E-state index contributed by atoms with van der Waals surface area (Å²) in [6.07, 6.45) is 0. The lowest BCUT2D eigenvalue weighted by atomic mass is 10.1. The summed E-state index contributed by atoms with van der Waals surface area (Å²) in [5.41, 5.74) is -1.87. The third-order valence-corrected chi connectivity index (χ3v) is 3.46. The van der Waals surface area contributed by atoms with Crippen molar-refractivity contribution in [1.29, 1.82) is 0 Å². The molecule has 2 aromatic heterocycles. The summed E-state index contributed by atoms with van der Waals surface area (Å²) >= 11 is 0. The van der Waals surface area contributed by atoms with Gasteiger partial charge in [0.2, 0.25) is 5.82 Å². The van der Waals surface area contributed by atoms with Gasteiger partial charge in [0, 0.05) is 5.56 Å². The van der Waals surface area contributed by atoms with E-state index in [4.69, 9.17) is 4.52 Å². The highest BCUT2D eigenvalue weighted by Gasteiger charge is 2.70. The van der Waals surface area contributed by atoms with E-state index in [9.17, 15) is 20.2 Å². The number of aryl methyl sites for hydroxylation is 2. The van der Waals surface area contributed by atoms with Crippen LogP contribution in [-0.4, -0.2) is 40.2 Å². The first-order valence-corrected chi connectivity index (χ1v) is 6.81. The standard InChI is InChI=1S/C12H10N8O5/c1-7-5-3-4-6-8(7)9-13-11(25-16-9)12(19(21)22,20(23)24)10-14-17-18(2)15-10/h3-6H,1-2H3. The molecule has 128 valence electrons. The minimum atomic E-state index is -3.15. The molecule has 0 N–H and O–H groups in total. The van der Waals surface area contributed by atoms with E-state index in [-0.39, 0.29) is 5.82 Å². The average Bonchev–Trinajstić information content (AvgIpc) is 3.18. The molecule has 0 radical (unpaired) electrons. The summed E-state index contributed by atoms with van der Waals surface area (Å²) in [6, 6.07) is 6.91. The summed E-state index contributed by atoms with van der Waals surface area (Å²) in [4.78, 5) is 25.5. The van der Waals surface area contributed by atoms with Gasteiger partial charge in [-0.05, 0) is 17.7 Å². The minimum Gasteiger partial charge on any atom is -0.322 e. The van der Waals surface area contributed by atoms with Crippen molar-refractivity contribution >= 4 is 0 Å². The van der Waals surface area contributed by atoms with Crippen LogP contribution >= 0.6 is 0 Å². The van der Waals surface area contributed by atoms with Crippen molar-refractivity contribution in [3.8, 4) is 11.4 Å². The van der Waals surface area contributed by atoms with Crippen molar-refractivity contribution in [1.82, 2.24) is 30.3 Å². The maximum atomic E-state index is 11.6. The van der Waals surface area contributed by atoms with Crippen LogP contribution in [0.1, 0.15) is 17.3 Å². The quantitative estimate of drug-likeness (QED) is 0.356. The summed E-state index contributed by atoms with van der Waals surface area (Å²) in [7, 11) is 1.31. The number of aromatic nitrogens is 6. The van der Waals surface area contributed by atoms with E-state index in [1.165, 1.54) is 7.05 Å². The molecule has 3 aromatic rings. The van der Waals surface area contributed by atoms with Gasteiger partial charge in [-0.1, -0.05) is 34.5 Å². The van der Waals surface area contributed by atoms with Crippen molar-refractivity contribution < 1.29 is 14.4 Å². The third kappa shape index (κ3) is 2.37. The molecule has 0 fully saturated rings. The second-order valence-corrected chi connectivity index (χ2v) is 5.03. The third-order valence-electron chi connectivity index (χ3n) is 3.46. The predicted molar refractivity (Wildman–Crippen MR) is 78.0 cm³/mol. The van der Waals surface area contributed by atoms with E-state index in [1.54, 1.807) is 31.2 Å². The smallest absolute Gasteiger partial charge is 0.322 e. The fourth-order valence-electron chi connectivity index (χ4n) is 2.20. The molecule has 13 heteroatoms. The molecule has 0 unspecified atom stereocenters. The molecule has 0 spiro atoms. The number of nitro groups is 2. The molecule has 3 rings (SSSR count). The summed E-state index contributed by atoms with van der Waals surface area (Å²) in [5.74, 6) is -1.68. The van der Waals surface area contributed by atoms with E-state index in [0.29, 0.717) is 5.56 Å². The van der Waals surface area contributed by atoms with Crippen molar-refractivity contribution in [2.45, 2.75) is 12.6 Å². The Balaban J connectivity index is 2.21. The number of benzene rings is 1. The zero-order valence-corrected chi connectivity index (χ0v) is 12.9. The Kier molecular flexibility index (Phi) is 3.67. The molecule has 0 aliphatic carbocycles. The topological polar surface area (TPSA) is 169 Å². The number of hydrogen-bond acceptors (Lipinski definition) is 10. The number of rotatable bonds is 5. The lowest BCUT2D eigenvalue weighted by Crippen LogP contribution is -2.46. The van der Waals surface area contributed by atoms with Crippen LogP contribution in [0.2, 0.25) is 0 Å². The SMILES string of the molecule is Cc1ccccc1-c1noc(C(c2nnn(C)n2)([N+](=O)[O-])[N+](=O)[O-])n1. The minimum absolute atomic E-state index is 0.0231. The summed E-state index contributed by atoms with van der Waals surface area (Å²) in [5, 5.41) is 37.2. The number of tetrazole rings is 1. The van der Waals surface area contributed by atoms with Gasteiger partial charge >= 0.3 is 17.4 Å². The average molecular weight is 346 g/mol. The van der Waals surface area contributed by atoms with Gasteiger partial charge in [-0.25, -0.2) is 0 Å². The van der Waals surface area contributed by atoms with E-state index in [2.05, 4.69) is 25.6 Å². The van der Waals surface area contributed by atoms with Gasteiger partial charge in [0.25, 0.3) is 0 Å². The zero-order chi connectivity index (χ0) is 18.2. The lowest BCUT2D eigenvalue weighted by molar-refractivity contribution is -0.801. The predicted octanol–water partition coefficient (Wildman–Crippen LogP) is 0.323. The van der Waals surface area contributed by atoms with Gasteiger partial charge in [0.1, 0.15) is 9.85 Å². The van der Waals surface area contributed by atoms with Crippen LogP contribution in [0.5, 0.6) is 0 Å². The largest absolute Gasteiger partial charge is 0.598 e. The second-order valence-electron chi connectivity index (χ2n) is 5.03. The van der Waals surface area contributed by atoms with Gasteiger partial charge in [0.15, 0.2) is 0 Å². The molecule has 25 heavy (non-hydrogen) atoms. The maximum absolute atomic E-state index is 11.6. The molecule has 1 aromatic carbocycles. The Bertz CT molecular complexity index is 950. The zero-order valence-electron chi connectivity index (χ0n) is 12.9. The van der Waals surface area contributed by atoms with Crippen LogP contribution in [0, 0.1) is 27.2 Å². The first-order chi connectivity index (χ1) is 11.9. The molecular formula is C12H10N8O5. The van der Waals surface area contributed by atoms with E-state index >= 15 is 0 Å². The Labute approximate surface area is 138 Å². The molecule has 0 saturated heterocycles. The van der Waals surface area contributed by atoms with Crippen LogP contribution in [0.25, 0.3) is 11.4 Å². The summed E-state index contributed by atoms with van der Waals surface area (Å²) < 4.78 is 4.86. The molecule has 2 heterocycles. The van der Waals surface area contributed by atoms with Crippen molar-refractivity contribution in [2.24, 2.45) is 7.05 Å². The van der Waals surface area contributed by atoms with Crippen LogP contribution in [-0.2, 0) is 12.7 Å². The van der Waals surface area contributed by atoms with Crippen LogP contribution in [0.3, 0.4) is 0 Å². The molecule has 13 nitrogen and oxygen atoms in total. The highest BCUT2D eigenvalue weighted by molar-refractivity contribution is 5.59. The highest BCUT2D eigenvalue weighted by Crippen LogP contribution is 2.31. The van der Waals surface area contributed by atoms with Crippen LogP contribution in [0.15, 0.2) is 28.8 Å². The number of nitrogens with zero attached hydrogens (tertiary/aromatic N) is 8. The molecule has 0 aliphatic rings. The molecular weight excluding hydrogens is 336 g/mol. The lowest BCUT2D eigenvalue weighted by Gasteiger charge is -2.08. The first kappa shape index (κ1) is 16.1. The normalized spacial score (nSPS) is 11.4.